The van der Waals surface area contributed by atoms with Crippen molar-refractivity contribution in [3.63, 3.8) is 0 Å². The van der Waals surface area contributed by atoms with E-state index in [0.717, 1.165) is 0 Å². The normalized spacial score (nSPS) is 13.6. The SMILES string of the molecule is Cc1c2ccccc2c(-c2ccc(-c3ccc(-c4ccc(-c5ccc6c(c5)C(C)(C)c5cc(-c7ccc8c(c7)C(C)(C)c7cc(-c9ccc(-c%10ccc%11ccccc%11c%10)cc9)ccc7-8)ccc5-6)cc4)cc3)cc2)c2ccccc12. The zero-order valence-corrected chi connectivity index (χ0v) is 45.3. The smallest absolute Gasteiger partial charge is 0.0159 e. The monoisotopic (exact) mass is 1010 g/mol. The average molecular weight is 1010 g/mol. The molecule has 0 unspecified atom stereocenters. The Balaban J connectivity index is 0.650. The lowest BCUT2D eigenvalue weighted by molar-refractivity contribution is 0.660. The zero-order valence-electron chi connectivity index (χ0n) is 45.3. The summed E-state index contributed by atoms with van der Waals surface area (Å²) in [4.78, 5) is 0. The van der Waals surface area contributed by atoms with Gasteiger partial charge in [0, 0.05) is 10.8 Å². The Hall–Kier alpha value is -9.36. The van der Waals surface area contributed by atoms with Gasteiger partial charge in [0.05, 0.1) is 0 Å². The Morgan fingerprint density at radius 3 is 0.835 bits per heavy atom. The summed E-state index contributed by atoms with van der Waals surface area (Å²) in [6.07, 6.45) is 0. The fraction of sp³-hybridized carbons (Fsp3) is 0.0886. The second kappa shape index (κ2) is 17.8. The number of rotatable bonds is 7. The molecule has 0 spiro atoms. The molecule has 374 valence electrons. The van der Waals surface area contributed by atoms with Crippen molar-refractivity contribution in [2.24, 2.45) is 0 Å². The van der Waals surface area contributed by atoms with Gasteiger partial charge >= 0.3 is 0 Å². The van der Waals surface area contributed by atoms with Crippen molar-refractivity contribution < 1.29 is 0 Å². The molecule has 0 saturated heterocycles. The summed E-state index contributed by atoms with van der Waals surface area (Å²) in [6.45, 7) is 11.8. The molecule has 2 aliphatic carbocycles. The van der Waals surface area contributed by atoms with Gasteiger partial charge in [0.25, 0.3) is 0 Å². The summed E-state index contributed by atoms with van der Waals surface area (Å²) in [7, 11) is 0. The van der Waals surface area contributed by atoms with Gasteiger partial charge in [-0.25, -0.2) is 0 Å². The third-order valence-electron chi connectivity index (χ3n) is 18.1. The van der Waals surface area contributed by atoms with Crippen LogP contribution in [0.3, 0.4) is 0 Å². The van der Waals surface area contributed by atoms with E-state index in [2.05, 4.69) is 295 Å². The molecule has 0 aromatic heterocycles. The first-order chi connectivity index (χ1) is 38.5. The highest BCUT2D eigenvalue weighted by Gasteiger charge is 2.38. The van der Waals surface area contributed by atoms with Crippen LogP contribution in [0.2, 0.25) is 0 Å². The number of hydrogen-bond acceptors (Lipinski definition) is 0. The molecule has 15 rings (SSSR count). The van der Waals surface area contributed by atoms with Crippen LogP contribution in [0.15, 0.2) is 261 Å². The van der Waals surface area contributed by atoms with Crippen molar-refractivity contribution in [1.82, 2.24) is 0 Å². The van der Waals surface area contributed by atoms with Gasteiger partial charge in [0.1, 0.15) is 0 Å². The first-order valence-corrected chi connectivity index (χ1v) is 28.0. The van der Waals surface area contributed by atoms with E-state index in [-0.39, 0.29) is 10.8 Å². The molecule has 0 fully saturated rings. The molecular weight excluding hydrogens is 949 g/mol. The molecule has 2 aliphatic rings. The van der Waals surface area contributed by atoms with E-state index in [1.807, 2.05) is 0 Å². The topological polar surface area (TPSA) is 0 Å². The van der Waals surface area contributed by atoms with E-state index in [9.17, 15) is 0 Å². The number of hydrogen-bond donors (Lipinski definition) is 0. The van der Waals surface area contributed by atoms with Crippen molar-refractivity contribution in [2.75, 3.05) is 0 Å². The van der Waals surface area contributed by atoms with E-state index in [1.54, 1.807) is 0 Å². The Kier molecular flexibility index (Phi) is 10.6. The predicted octanol–water partition coefficient (Wildman–Crippen LogP) is 21.7. The van der Waals surface area contributed by atoms with Gasteiger partial charge in [0.15, 0.2) is 0 Å². The first-order valence-electron chi connectivity index (χ1n) is 28.0. The Labute approximate surface area is 464 Å². The third-order valence-corrected chi connectivity index (χ3v) is 18.1. The molecule has 0 heteroatoms. The van der Waals surface area contributed by atoms with Gasteiger partial charge in [0.2, 0.25) is 0 Å². The molecule has 0 saturated carbocycles. The van der Waals surface area contributed by atoms with Gasteiger partial charge < -0.3 is 0 Å². The second-order valence-electron chi connectivity index (χ2n) is 23.3. The molecule has 0 N–H and O–H groups in total. The van der Waals surface area contributed by atoms with Gasteiger partial charge in [-0.05, 0) is 198 Å². The quantitative estimate of drug-likeness (QED) is 0.140. The molecule has 0 amide bonds. The van der Waals surface area contributed by atoms with Crippen LogP contribution in [0, 0.1) is 6.92 Å². The summed E-state index contributed by atoms with van der Waals surface area (Å²) in [6, 6.07) is 97.9. The van der Waals surface area contributed by atoms with Crippen LogP contribution in [-0.2, 0) is 10.8 Å². The number of aryl methyl sites for hydroxylation is 1. The lowest BCUT2D eigenvalue weighted by atomic mass is 9.79. The maximum Gasteiger partial charge on any atom is 0.0159 e. The van der Waals surface area contributed by atoms with Crippen molar-refractivity contribution in [1.29, 1.82) is 0 Å². The molecule has 0 atom stereocenters. The van der Waals surface area contributed by atoms with Gasteiger partial charge in [-0.2, -0.15) is 0 Å². The van der Waals surface area contributed by atoms with Gasteiger partial charge in [-0.1, -0.05) is 258 Å². The first kappa shape index (κ1) is 46.9. The van der Waals surface area contributed by atoms with Crippen LogP contribution in [0.1, 0.15) is 55.5 Å². The van der Waals surface area contributed by atoms with Crippen molar-refractivity contribution in [3.05, 3.63) is 289 Å². The molecule has 0 aliphatic heterocycles. The summed E-state index contributed by atoms with van der Waals surface area (Å²) in [5.41, 5.74) is 29.4. The van der Waals surface area contributed by atoms with Crippen molar-refractivity contribution >= 4 is 32.3 Å². The molecule has 13 aromatic carbocycles. The van der Waals surface area contributed by atoms with E-state index in [0.29, 0.717) is 0 Å². The molecule has 79 heavy (non-hydrogen) atoms. The van der Waals surface area contributed by atoms with E-state index in [4.69, 9.17) is 0 Å². The molecule has 0 heterocycles. The van der Waals surface area contributed by atoms with E-state index in [1.165, 1.54) is 160 Å². The molecule has 0 bridgehead atoms. The molecule has 0 nitrogen and oxygen atoms in total. The van der Waals surface area contributed by atoms with Crippen molar-refractivity contribution in [3.8, 4) is 100 Å². The largest absolute Gasteiger partial charge is 0.0616 e. The van der Waals surface area contributed by atoms with Crippen molar-refractivity contribution in [2.45, 2.75) is 45.4 Å². The van der Waals surface area contributed by atoms with Crippen LogP contribution >= 0.6 is 0 Å². The van der Waals surface area contributed by atoms with Crippen LogP contribution in [-0.4, -0.2) is 0 Å². The Morgan fingerprint density at radius 1 is 0.215 bits per heavy atom. The highest BCUT2D eigenvalue weighted by Crippen LogP contribution is 2.53. The third kappa shape index (κ3) is 7.57. The number of fused-ring (bicyclic) bond motifs is 9. The van der Waals surface area contributed by atoms with Crippen LogP contribution in [0.25, 0.3) is 132 Å². The minimum atomic E-state index is -0.154. The van der Waals surface area contributed by atoms with E-state index < -0.39 is 0 Å². The predicted molar refractivity (Wildman–Crippen MR) is 337 cm³/mol. The van der Waals surface area contributed by atoms with Crippen LogP contribution < -0.4 is 0 Å². The second-order valence-corrected chi connectivity index (χ2v) is 23.3. The maximum atomic E-state index is 2.47. The lowest BCUT2D eigenvalue weighted by Gasteiger charge is -2.24. The van der Waals surface area contributed by atoms with Crippen LogP contribution in [0.4, 0.5) is 0 Å². The number of benzene rings is 13. The maximum absolute atomic E-state index is 2.47. The summed E-state index contributed by atoms with van der Waals surface area (Å²) in [5.74, 6) is 0. The summed E-state index contributed by atoms with van der Waals surface area (Å²) >= 11 is 0. The van der Waals surface area contributed by atoms with Crippen LogP contribution in [0.5, 0.6) is 0 Å². The summed E-state index contributed by atoms with van der Waals surface area (Å²) in [5, 5.41) is 7.77. The molecule has 13 aromatic rings. The Bertz CT molecular complexity index is 4550. The summed E-state index contributed by atoms with van der Waals surface area (Å²) < 4.78 is 0. The minimum absolute atomic E-state index is 0.142. The minimum Gasteiger partial charge on any atom is -0.0616 e. The lowest BCUT2D eigenvalue weighted by Crippen LogP contribution is -2.15. The van der Waals surface area contributed by atoms with E-state index >= 15 is 0 Å². The van der Waals surface area contributed by atoms with Gasteiger partial charge in [-0.15, -0.1) is 0 Å². The standard InChI is InChI=1S/C79H58/c1-49-65-14-8-10-16-71(65)77(72-17-11-9-15-66(49)72)58-33-30-54(31-34-58)52-20-18-51(19-21-52)53-22-24-56(25-23-53)61-36-40-67-69-42-38-63(47-75(69)78(2,3)73(67)45-61)64-39-43-70-68-41-37-62(46-74(68)79(4,5)76(70)48-64)57-28-26-55(27-29-57)60-35-32-50-12-6-7-13-59(50)44-60/h6-48H,1-5H3. The Morgan fingerprint density at radius 2 is 0.468 bits per heavy atom. The average Bonchev–Trinajstić information content (AvgIpc) is 4.15. The fourth-order valence-corrected chi connectivity index (χ4v) is 13.6. The fourth-order valence-electron chi connectivity index (χ4n) is 13.6. The highest BCUT2D eigenvalue weighted by molar-refractivity contribution is 6.15. The molecular formula is C79H58. The molecule has 0 radical (unpaired) electrons. The highest BCUT2D eigenvalue weighted by atomic mass is 14.4. The zero-order chi connectivity index (χ0) is 53.1. The van der Waals surface area contributed by atoms with Gasteiger partial charge in [-0.3, -0.25) is 0 Å².